The van der Waals surface area contributed by atoms with E-state index in [2.05, 4.69) is 15.9 Å². The zero-order valence-electron chi connectivity index (χ0n) is 10.8. The van der Waals surface area contributed by atoms with Crippen molar-refractivity contribution in [3.8, 4) is 11.5 Å². The average Bonchev–Trinajstić information content (AvgIpc) is 2.39. The number of hydrogen-bond acceptors (Lipinski definition) is 5. The van der Waals surface area contributed by atoms with E-state index in [4.69, 9.17) is 14.2 Å². The fourth-order valence-electron chi connectivity index (χ4n) is 1.36. The molecule has 0 fully saturated rings. The van der Waals surface area contributed by atoms with Gasteiger partial charge in [-0.2, -0.15) is 0 Å². The van der Waals surface area contributed by atoms with Gasteiger partial charge in [-0.15, -0.1) is 0 Å². The van der Waals surface area contributed by atoms with E-state index in [-0.39, 0.29) is 6.61 Å². The fourth-order valence-corrected chi connectivity index (χ4v) is 1.78. The van der Waals surface area contributed by atoms with Crippen molar-refractivity contribution in [2.75, 3.05) is 19.8 Å². The summed E-state index contributed by atoms with van der Waals surface area (Å²) in [5.74, 6) is 0.338. The number of hydrogen-bond donors (Lipinski definition) is 0. The molecule has 0 saturated heterocycles. The molecular weight excluding hydrogens is 316 g/mol. The van der Waals surface area contributed by atoms with Crippen molar-refractivity contribution in [3.05, 3.63) is 22.2 Å². The second kappa shape index (κ2) is 7.78. The second-order valence-corrected chi connectivity index (χ2v) is 4.32. The van der Waals surface area contributed by atoms with Gasteiger partial charge in [-0.1, -0.05) is 0 Å². The molecule has 0 aliphatic carbocycles. The van der Waals surface area contributed by atoms with Gasteiger partial charge >= 0.3 is 5.97 Å². The normalized spacial score (nSPS) is 9.84. The largest absolute Gasteiger partial charge is 0.490 e. The number of carbonyl (C=O) groups is 2. The predicted octanol–water partition coefficient (Wildman–Crippen LogP) is 2.60. The Morgan fingerprint density at radius 2 is 1.89 bits per heavy atom. The first-order valence-electron chi connectivity index (χ1n) is 5.82. The predicted molar refractivity (Wildman–Crippen MR) is 72.8 cm³/mol. The standard InChI is InChI=1S/C13H15BrO5/c1-3-17-11-5-9(7-15)10(14)6-12(11)19-8-13(16)18-4-2/h5-7H,3-4,8H2,1-2H3. The van der Waals surface area contributed by atoms with Crippen molar-refractivity contribution in [1.82, 2.24) is 0 Å². The van der Waals surface area contributed by atoms with E-state index in [0.717, 1.165) is 0 Å². The smallest absolute Gasteiger partial charge is 0.344 e. The van der Waals surface area contributed by atoms with E-state index in [9.17, 15) is 9.59 Å². The topological polar surface area (TPSA) is 61.8 Å². The molecule has 0 atom stereocenters. The van der Waals surface area contributed by atoms with Crippen molar-refractivity contribution in [3.63, 3.8) is 0 Å². The van der Waals surface area contributed by atoms with Crippen molar-refractivity contribution in [2.24, 2.45) is 0 Å². The molecule has 19 heavy (non-hydrogen) atoms. The number of ether oxygens (including phenoxy) is 3. The van der Waals surface area contributed by atoms with Crippen LogP contribution < -0.4 is 9.47 Å². The lowest BCUT2D eigenvalue weighted by molar-refractivity contribution is -0.145. The van der Waals surface area contributed by atoms with Crippen molar-refractivity contribution in [2.45, 2.75) is 13.8 Å². The van der Waals surface area contributed by atoms with E-state index in [1.54, 1.807) is 19.1 Å². The van der Waals surface area contributed by atoms with Crippen LogP contribution in [0.3, 0.4) is 0 Å². The van der Waals surface area contributed by atoms with Crippen LogP contribution in [0.2, 0.25) is 0 Å². The van der Waals surface area contributed by atoms with Gasteiger partial charge in [0.15, 0.2) is 24.4 Å². The summed E-state index contributed by atoms with van der Waals surface area (Å²) < 4.78 is 16.0. The summed E-state index contributed by atoms with van der Waals surface area (Å²) in [4.78, 5) is 22.1. The first-order chi connectivity index (χ1) is 9.12. The van der Waals surface area contributed by atoms with E-state index >= 15 is 0 Å². The van der Waals surface area contributed by atoms with Crippen molar-refractivity contribution >= 4 is 28.2 Å². The summed E-state index contributed by atoms with van der Waals surface area (Å²) in [6.07, 6.45) is 0.710. The summed E-state index contributed by atoms with van der Waals surface area (Å²) in [7, 11) is 0. The third-order valence-corrected chi connectivity index (χ3v) is 2.83. The van der Waals surface area contributed by atoms with E-state index < -0.39 is 5.97 Å². The molecule has 5 nitrogen and oxygen atoms in total. The molecule has 1 rings (SSSR count). The number of aldehydes is 1. The first-order valence-corrected chi connectivity index (χ1v) is 6.61. The third-order valence-electron chi connectivity index (χ3n) is 2.14. The number of halogens is 1. The molecule has 1 aromatic rings. The molecule has 0 aliphatic heterocycles. The van der Waals surface area contributed by atoms with Crippen LogP contribution in [0.15, 0.2) is 16.6 Å². The summed E-state index contributed by atoms with van der Waals surface area (Å²) in [6, 6.07) is 3.15. The molecule has 1 aromatic carbocycles. The Kier molecular flexibility index (Phi) is 6.35. The Hall–Kier alpha value is -1.56. The van der Waals surface area contributed by atoms with Gasteiger partial charge in [-0.25, -0.2) is 4.79 Å². The number of esters is 1. The van der Waals surface area contributed by atoms with Gasteiger partial charge in [-0.05, 0) is 41.9 Å². The molecule has 104 valence electrons. The van der Waals surface area contributed by atoms with Gasteiger partial charge < -0.3 is 14.2 Å². The van der Waals surface area contributed by atoms with E-state index in [1.165, 1.54) is 0 Å². The molecular formula is C13H15BrO5. The first kappa shape index (κ1) is 15.5. The molecule has 0 N–H and O–H groups in total. The minimum Gasteiger partial charge on any atom is -0.490 e. The Bertz CT molecular complexity index is 459. The quantitative estimate of drug-likeness (QED) is 0.568. The minimum atomic E-state index is -0.458. The number of benzene rings is 1. The lowest BCUT2D eigenvalue weighted by Gasteiger charge is -2.12. The molecule has 0 radical (unpaired) electrons. The zero-order chi connectivity index (χ0) is 14.3. The van der Waals surface area contributed by atoms with Gasteiger partial charge in [0.25, 0.3) is 0 Å². The number of carbonyl (C=O) groups excluding carboxylic acids is 2. The van der Waals surface area contributed by atoms with Crippen LogP contribution in [0.4, 0.5) is 0 Å². The van der Waals surface area contributed by atoms with Crippen LogP contribution in [-0.2, 0) is 9.53 Å². The highest BCUT2D eigenvalue weighted by atomic mass is 79.9. The maximum atomic E-state index is 11.2. The minimum absolute atomic E-state index is 0.208. The van der Waals surface area contributed by atoms with Crippen LogP contribution in [0.5, 0.6) is 11.5 Å². The fraction of sp³-hybridized carbons (Fsp3) is 0.385. The van der Waals surface area contributed by atoms with Crippen LogP contribution in [0.25, 0.3) is 0 Å². The molecule has 0 heterocycles. The highest BCUT2D eigenvalue weighted by Gasteiger charge is 2.12. The molecule has 0 bridgehead atoms. The Morgan fingerprint density at radius 3 is 2.47 bits per heavy atom. The van der Waals surface area contributed by atoms with Crippen molar-refractivity contribution < 1.29 is 23.8 Å². The van der Waals surface area contributed by atoms with Gasteiger partial charge in [0.2, 0.25) is 0 Å². The van der Waals surface area contributed by atoms with Crippen LogP contribution in [0.1, 0.15) is 24.2 Å². The van der Waals surface area contributed by atoms with Crippen LogP contribution in [0, 0.1) is 0 Å². The lowest BCUT2D eigenvalue weighted by atomic mass is 10.2. The van der Waals surface area contributed by atoms with Gasteiger partial charge in [0.05, 0.1) is 13.2 Å². The monoisotopic (exact) mass is 330 g/mol. The highest BCUT2D eigenvalue weighted by molar-refractivity contribution is 9.10. The molecule has 0 unspecified atom stereocenters. The Labute approximate surface area is 120 Å². The van der Waals surface area contributed by atoms with Crippen molar-refractivity contribution in [1.29, 1.82) is 0 Å². The molecule has 0 aromatic heterocycles. The third kappa shape index (κ3) is 4.55. The zero-order valence-corrected chi connectivity index (χ0v) is 12.4. The molecule has 0 spiro atoms. The lowest BCUT2D eigenvalue weighted by Crippen LogP contribution is -2.15. The summed E-state index contributed by atoms with van der Waals surface area (Å²) in [5.41, 5.74) is 0.451. The van der Waals surface area contributed by atoms with E-state index in [1.807, 2.05) is 6.92 Å². The summed E-state index contributed by atoms with van der Waals surface area (Å²) in [6.45, 7) is 4.06. The second-order valence-electron chi connectivity index (χ2n) is 3.47. The summed E-state index contributed by atoms with van der Waals surface area (Å²) >= 11 is 3.25. The number of rotatable bonds is 7. The van der Waals surface area contributed by atoms with Crippen LogP contribution in [-0.4, -0.2) is 32.1 Å². The maximum Gasteiger partial charge on any atom is 0.344 e. The Balaban J connectivity index is 2.88. The average molecular weight is 331 g/mol. The van der Waals surface area contributed by atoms with Crippen LogP contribution >= 0.6 is 15.9 Å². The SMILES string of the molecule is CCOC(=O)COc1cc(Br)c(C=O)cc1OCC. The Morgan fingerprint density at radius 1 is 1.21 bits per heavy atom. The maximum absolute atomic E-state index is 11.2. The summed E-state index contributed by atoms with van der Waals surface area (Å²) in [5, 5.41) is 0. The van der Waals surface area contributed by atoms with Gasteiger partial charge in [-0.3, -0.25) is 4.79 Å². The molecule has 0 aliphatic rings. The van der Waals surface area contributed by atoms with E-state index in [0.29, 0.717) is 41.0 Å². The molecule has 6 heteroatoms. The van der Waals surface area contributed by atoms with Gasteiger partial charge in [0.1, 0.15) is 0 Å². The highest BCUT2D eigenvalue weighted by Crippen LogP contribution is 2.33. The molecule has 0 amide bonds. The molecule has 0 saturated carbocycles. The van der Waals surface area contributed by atoms with Gasteiger partial charge in [0, 0.05) is 10.0 Å².